The number of carbonyl (C=O) groups is 2. The highest BCUT2D eigenvalue weighted by Gasteiger charge is 2.16. The highest BCUT2D eigenvalue weighted by atomic mass is 16.6. The topological polar surface area (TPSA) is 77.8 Å². The molecule has 0 bridgehead atoms. The number of alkyl carbamates (subject to hydrolysis) is 1. The molecule has 0 spiro atoms. The van der Waals surface area contributed by atoms with Crippen LogP contribution in [0.5, 0.6) is 0 Å². The van der Waals surface area contributed by atoms with Crippen molar-refractivity contribution in [2.75, 3.05) is 6.61 Å². The number of fused-ring (bicyclic) bond motifs is 1. The van der Waals surface area contributed by atoms with E-state index >= 15 is 0 Å². The van der Waals surface area contributed by atoms with E-state index in [1.54, 1.807) is 6.26 Å². The van der Waals surface area contributed by atoms with Gasteiger partial charge in [-0.1, -0.05) is 48.5 Å². The standard InChI is InChI=1S/C31H33NO5/c1-5-35-29(33)18-24-11-7-6-10-23(24)16-26-20-36-28-14-13-25(17-27(26)28)22-12-8-9-21(15-22)19-32-30(34)37-31(2,3)4/h6-15,17,20H,5,16,18-19H2,1-4H3,(H,32,34). The van der Waals surface area contributed by atoms with Crippen LogP contribution in [-0.4, -0.2) is 24.3 Å². The zero-order valence-corrected chi connectivity index (χ0v) is 21.8. The molecule has 0 aliphatic heterocycles. The Hall–Kier alpha value is -4.06. The van der Waals surface area contributed by atoms with Crippen LogP contribution in [0.2, 0.25) is 0 Å². The summed E-state index contributed by atoms with van der Waals surface area (Å²) in [5.41, 5.74) is 6.41. The number of esters is 1. The molecule has 0 radical (unpaired) electrons. The van der Waals surface area contributed by atoms with Crippen LogP contribution in [0.1, 0.15) is 49.9 Å². The maximum atomic E-state index is 12.1. The Morgan fingerprint density at radius 1 is 0.892 bits per heavy atom. The van der Waals surface area contributed by atoms with E-state index in [1.807, 2.05) is 82.3 Å². The molecule has 1 amide bonds. The lowest BCUT2D eigenvalue weighted by Gasteiger charge is -2.19. The average molecular weight is 500 g/mol. The zero-order chi connectivity index (χ0) is 26.4. The Labute approximate surface area is 217 Å². The molecular formula is C31H33NO5. The number of benzene rings is 3. The molecule has 1 heterocycles. The van der Waals surface area contributed by atoms with Crippen molar-refractivity contribution in [2.24, 2.45) is 0 Å². The van der Waals surface area contributed by atoms with Crippen LogP contribution in [0.15, 0.2) is 77.4 Å². The van der Waals surface area contributed by atoms with Crippen LogP contribution >= 0.6 is 0 Å². The normalized spacial score (nSPS) is 11.4. The quantitative estimate of drug-likeness (QED) is 0.269. The molecule has 0 fully saturated rings. The number of amides is 1. The number of hydrogen-bond acceptors (Lipinski definition) is 5. The van der Waals surface area contributed by atoms with E-state index in [4.69, 9.17) is 13.9 Å². The molecule has 6 nitrogen and oxygen atoms in total. The molecule has 3 aromatic carbocycles. The second-order valence-electron chi connectivity index (χ2n) is 9.95. The first kappa shape index (κ1) is 26.0. The second-order valence-corrected chi connectivity index (χ2v) is 9.95. The van der Waals surface area contributed by atoms with Crippen molar-refractivity contribution < 1.29 is 23.5 Å². The first-order valence-electron chi connectivity index (χ1n) is 12.5. The molecule has 4 rings (SSSR count). The summed E-state index contributed by atoms with van der Waals surface area (Å²) in [7, 11) is 0. The molecule has 1 N–H and O–H groups in total. The molecule has 6 heteroatoms. The van der Waals surface area contributed by atoms with Gasteiger partial charge in [0.05, 0.1) is 19.3 Å². The van der Waals surface area contributed by atoms with E-state index in [9.17, 15) is 9.59 Å². The van der Waals surface area contributed by atoms with Crippen LogP contribution in [-0.2, 0) is 33.7 Å². The minimum absolute atomic E-state index is 0.227. The SMILES string of the molecule is CCOC(=O)Cc1ccccc1Cc1coc2ccc(-c3cccc(CNC(=O)OC(C)(C)C)c3)cc12. The maximum absolute atomic E-state index is 12.1. The van der Waals surface area contributed by atoms with Crippen LogP contribution < -0.4 is 5.32 Å². The third kappa shape index (κ3) is 7.00. The fourth-order valence-corrected chi connectivity index (χ4v) is 4.22. The van der Waals surface area contributed by atoms with Crippen molar-refractivity contribution in [1.82, 2.24) is 5.32 Å². The molecule has 0 unspecified atom stereocenters. The summed E-state index contributed by atoms with van der Waals surface area (Å²) < 4.78 is 16.3. The summed E-state index contributed by atoms with van der Waals surface area (Å²) >= 11 is 0. The minimum Gasteiger partial charge on any atom is -0.466 e. The van der Waals surface area contributed by atoms with E-state index in [-0.39, 0.29) is 12.4 Å². The van der Waals surface area contributed by atoms with Crippen molar-refractivity contribution in [1.29, 1.82) is 0 Å². The van der Waals surface area contributed by atoms with Gasteiger partial charge in [-0.3, -0.25) is 4.79 Å². The van der Waals surface area contributed by atoms with Gasteiger partial charge < -0.3 is 19.2 Å². The summed E-state index contributed by atoms with van der Waals surface area (Å²) in [6, 6.07) is 22.1. The van der Waals surface area contributed by atoms with E-state index in [1.165, 1.54) is 0 Å². The molecule has 0 atom stereocenters. The van der Waals surface area contributed by atoms with Gasteiger partial charge in [0, 0.05) is 23.9 Å². The van der Waals surface area contributed by atoms with Crippen molar-refractivity contribution in [3.63, 3.8) is 0 Å². The van der Waals surface area contributed by atoms with Crippen LogP contribution in [0.25, 0.3) is 22.1 Å². The lowest BCUT2D eigenvalue weighted by atomic mass is 9.96. The molecule has 0 aliphatic rings. The van der Waals surface area contributed by atoms with Crippen LogP contribution in [0, 0.1) is 0 Å². The van der Waals surface area contributed by atoms with Gasteiger partial charge in [0.15, 0.2) is 0 Å². The van der Waals surface area contributed by atoms with E-state index < -0.39 is 11.7 Å². The Morgan fingerprint density at radius 3 is 2.41 bits per heavy atom. The van der Waals surface area contributed by atoms with Crippen LogP contribution in [0.4, 0.5) is 4.79 Å². The van der Waals surface area contributed by atoms with Gasteiger partial charge >= 0.3 is 12.1 Å². The van der Waals surface area contributed by atoms with Gasteiger partial charge in [-0.05, 0) is 73.7 Å². The average Bonchev–Trinajstić information content (AvgIpc) is 3.25. The minimum atomic E-state index is -0.539. The van der Waals surface area contributed by atoms with Crippen molar-refractivity contribution in [2.45, 2.75) is 52.7 Å². The molecular weight excluding hydrogens is 466 g/mol. The predicted molar refractivity (Wildman–Crippen MR) is 144 cm³/mol. The monoisotopic (exact) mass is 499 g/mol. The summed E-state index contributed by atoms with van der Waals surface area (Å²) in [6.45, 7) is 8.07. The Balaban J connectivity index is 1.54. The number of ether oxygens (including phenoxy) is 2. The number of carbonyl (C=O) groups excluding carboxylic acids is 2. The van der Waals surface area contributed by atoms with Gasteiger partial charge in [-0.2, -0.15) is 0 Å². The van der Waals surface area contributed by atoms with Gasteiger partial charge in [-0.15, -0.1) is 0 Å². The lowest BCUT2D eigenvalue weighted by molar-refractivity contribution is -0.142. The fourth-order valence-electron chi connectivity index (χ4n) is 4.22. The zero-order valence-electron chi connectivity index (χ0n) is 21.8. The summed E-state index contributed by atoms with van der Waals surface area (Å²) in [5.74, 6) is -0.227. The molecule has 0 aliphatic carbocycles. The predicted octanol–water partition coefficient (Wildman–Crippen LogP) is 6.82. The Bertz CT molecular complexity index is 1400. The van der Waals surface area contributed by atoms with Crippen molar-refractivity contribution >= 4 is 23.0 Å². The second kappa shape index (κ2) is 11.3. The molecule has 37 heavy (non-hydrogen) atoms. The van der Waals surface area contributed by atoms with E-state index in [2.05, 4.69) is 17.4 Å². The van der Waals surface area contributed by atoms with Gasteiger partial charge in [0.1, 0.15) is 11.2 Å². The number of nitrogens with one attached hydrogen (secondary N) is 1. The molecule has 0 saturated heterocycles. The van der Waals surface area contributed by atoms with Crippen molar-refractivity contribution in [3.05, 3.63) is 95.2 Å². The van der Waals surface area contributed by atoms with Crippen LogP contribution in [0.3, 0.4) is 0 Å². The van der Waals surface area contributed by atoms with Gasteiger partial charge in [0.2, 0.25) is 0 Å². The summed E-state index contributed by atoms with van der Waals surface area (Å²) in [4.78, 5) is 24.1. The number of furan rings is 1. The Kier molecular flexibility index (Phi) is 7.97. The third-order valence-electron chi connectivity index (χ3n) is 5.89. The highest BCUT2D eigenvalue weighted by molar-refractivity contribution is 5.87. The van der Waals surface area contributed by atoms with Gasteiger partial charge in [-0.25, -0.2) is 4.79 Å². The largest absolute Gasteiger partial charge is 0.466 e. The first-order chi connectivity index (χ1) is 17.7. The smallest absolute Gasteiger partial charge is 0.407 e. The van der Waals surface area contributed by atoms with E-state index in [0.717, 1.165) is 44.3 Å². The maximum Gasteiger partial charge on any atom is 0.407 e. The van der Waals surface area contributed by atoms with Crippen molar-refractivity contribution in [3.8, 4) is 11.1 Å². The summed E-state index contributed by atoms with van der Waals surface area (Å²) in [5, 5.41) is 3.84. The highest BCUT2D eigenvalue weighted by Crippen LogP contribution is 2.30. The molecule has 1 aromatic heterocycles. The fraction of sp³-hybridized carbons (Fsp3) is 0.290. The summed E-state index contributed by atoms with van der Waals surface area (Å²) in [6.07, 6.45) is 2.24. The first-order valence-corrected chi connectivity index (χ1v) is 12.5. The third-order valence-corrected chi connectivity index (χ3v) is 5.89. The number of rotatable bonds is 8. The molecule has 192 valence electrons. The number of hydrogen-bond donors (Lipinski definition) is 1. The Morgan fingerprint density at radius 2 is 1.65 bits per heavy atom. The van der Waals surface area contributed by atoms with E-state index in [0.29, 0.717) is 19.6 Å². The molecule has 0 saturated carbocycles. The van der Waals surface area contributed by atoms with Gasteiger partial charge in [0.25, 0.3) is 0 Å². The lowest BCUT2D eigenvalue weighted by Crippen LogP contribution is -2.32. The molecule has 4 aromatic rings.